The van der Waals surface area contributed by atoms with Crippen molar-refractivity contribution < 1.29 is 47.8 Å². The quantitative estimate of drug-likeness (QED) is 0.0200. The van der Waals surface area contributed by atoms with Crippen LogP contribution in [0.1, 0.15) is 219 Å². The molecule has 0 rings (SSSR count). The summed E-state index contributed by atoms with van der Waals surface area (Å²) in [6, 6.07) is -1.54. The first kappa shape index (κ1) is 56.0. The molecule has 1 amide bonds. The highest BCUT2D eigenvalue weighted by Crippen LogP contribution is 2.43. The fraction of sp³-hybridized carbons (Fsp3) is 0.848. The number of carboxylic acid groups (broad SMARTS) is 1. The van der Waals surface area contributed by atoms with Gasteiger partial charge in [0.05, 0.1) is 13.2 Å². The van der Waals surface area contributed by atoms with Crippen molar-refractivity contribution in [3.8, 4) is 0 Å². The number of aliphatic carboxylic acids is 1. The molecule has 0 radical (unpaired) electrons. The highest BCUT2D eigenvalue weighted by molar-refractivity contribution is 7.47. The number of rotatable bonds is 44. The lowest BCUT2D eigenvalue weighted by atomic mass is 10.0. The molecule has 3 atom stereocenters. The van der Waals surface area contributed by atoms with Crippen molar-refractivity contribution in [2.24, 2.45) is 0 Å². The van der Waals surface area contributed by atoms with E-state index in [4.69, 9.17) is 13.8 Å². The smallest absolute Gasteiger partial charge is 0.472 e. The molecule has 0 aromatic carbocycles. The number of carboxylic acids is 1. The number of carbonyl (C=O) groups excluding carboxylic acids is 2. The summed E-state index contributed by atoms with van der Waals surface area (Å²) in [4.78, 5) is 46.0. The molecule has 0 spiro atoms. The predicted octanol–water partition coefficient (Wildman–Crippen LogP) is 12.2. The summed E-state index contributed by atoms with van der Waals surface area (Å²) >= 11 is 0. The molecule has 0 aliphatic heterocycles. The third-order valence-corrected chi connectivity index (χ3v) is 11.2. The second-order valence-electron chi connectivity index (χ2n) is 15.9. The fourth-order valence-electron chi connectivity index (χ4n) is 6.58. The molecule has 0 aliphatic carbocycles. The predicted molar refractivity (Wildman–Crippen MR) is 236 cm³/mol. The third kappa shape index (κ3) is 40.7. The summed E-state index contributed by atoms with van der Waals surface area (Å²) in [6.07, 6.45) is 43.4. The summed E-state index contributed by atoms with van der Waals surface area (Å²) in [7, 11) is -4.76. The van der Waals surface area contributed by atoms with Crippen LogP contribution in [-0.4, -0.2) is 64.9 Å². The molecule has 0 heterocycles. The Kier molecular flexibility index (Phi) is 40.2. The number of phosphoric ester groups is 1. The van der Waals surface area contributed by atoms with Crippen molar-refractivity contribution in [3.05, 3.63) is 24.3 Å². The second-order valence-corrected chi connectivity index (χ2v) is 17.4. The number of aliphatic hydroxyl groups is 1. The average molecular weight is 844 g/mol. The lowest BCUT2D eigenvalue weighted by Crippen LogP contribution is -2.43. The van der Waals surface area contributed by atoms with Crippen LogP contribution in [0, 0.1) is 0 Å². The first-order valence-corrected chi connectivity index (χ1v) is 24.9. The molecule has 0 saturated carbocycles. The first-order chi connectivity index (χ1) is 28.1. The molecule has 3 unspecified atom stereocenters. The summed E-state index contributed by atoms with van der Waals surface area (Å²) in [5.41, 5.74) is 0. The Hall–Kier alpha value is -2.04. The number of ether oxygens (including phenoxy) is 1. The minimum atomic E-state index is -4.76. The molecule has 4 N–H and O–H groups in total. The maximum Gasteiger partial charge on any atom is 0.472 e. The number of allylic oxidation sites excluding steroid dienone is 4. The normalized spacial score (nSPS) is 13.9. The zero-order valence-corrected chi connectivity index (χ0v) is 37.8. The molecular weight excluding hydrogens is 757 g/mol. The van der Waals surface area contributed by atoms with Gasteiger partial charge in [-0.2, -0.15) is 0 Å². The van der Waals surface area contributed by atoms with Gasteiger partial charge in [-0.3, -0.25) is 18.6 Å². The molecular formula is C46H86NO10P. The highest BCUT2D eigenvalue weighted by Gasteiger charge is 2.28. The van der Waals surface area contributed by atoms with Crippen molar-refractivity contribution in [2.45, 2.75) is 231 Å². The van der Waals surface area contributed by atoms with Gasteiger partial charge in [-0.05, 0) is 44.9 Å². The molecule has 11 nitrogen and oxygen atoms in total. The lowest BCUT2D eigenvalue weighted by molar-refractivity contribution is -0.147. The SMILES string of the molecule is CCCCCC/C=C\C/C=C\CCCCCCCC(=O)OCC(O)COP(=O)(O)OCC(NC(=O)CCCCCCCCCCCCCCCCCCCC)C(=O)O. The van der Waals surface area contributed by atoms with Gasteiger partial charge in [-0.25, -0.2) is 9.36 Å². The van der Waals surface area contributed by atoms with E-state index in [1.165, 1.54) is 122 Å². The molecule has 0 fully saturated rings. The van der Waals surface area contributed by atoms with Crippen LogP contribution in [0.5, 0.6) is 0 Å². The monoisotopic (exact) mass is 844 g/mol. The van der Waals surface area contributed by atoms with Crippen LogP contribution in [0.25, 0.3) is 0 Å². The number of amides is 1. The van der Waals surface area contributed by atoms with Crippen molar-refractivity contribution >= 4 is 25.7 Å². The van der Waals surface area contributed by atoms with E-state index in [0.717, 1.165) is 57.8 Å². The maximum atomic E-state index is 12.3. The van der Waals surface area contributed by atoms with Gasteiger partial charge in [-0.15, -0.1) is 0 Å². The zero-order chi connectivity index (χ0) is 42.8. The Labute approximate surface area is 353 Å². The number of aliphatic hydroxyl groups excluding tert-OH is 1. The third-order valence-electron chi connectivity index (χ3n) is 10.2. The van der Waals surface area contributed by atoms with Gasteiger partial charge in [0.15, 0.2) is 6.04 Å². The Morgan fingerprint density at radius 1 is 0.552 bits per heavy atom. The summed E-state index contributed by atoms with van der Waals surface area (Å²) in [5, 5.41) is 21.9. The largest absolute Gasteiger partial charge is 0.480 e. The van der Waals surface area contributed by atoms with Crippen molar-refractivity contribution in [2.75, 3.05) is 19.8 Å². The van der Waals surface area contributed by atoms with Crippen LogP contribution in [0.15, 0.2) is 24.3 Å². The van der Waals surface area contributed by atoms with Gasteiger partial charge in [0.2, 0.25) is 5.91 Å². The minimum absolute atomic E-state index is 0.149. The minimum Gasteiger partial charge on any atom is -0.480 e. The van der Waals surface area contributed by atoms with E-state index in [9.17, 15) is 34.1 Å². The molecule has 0 aromatic rings. The highest BCUT2D eigenvalue weighted by atomic mass is 31.2. The van der Waals surface area contributed by atoms with E-state index < -0.39 is 57.6 Å². The van der Waals surface area contributed by atoms with Crippen LogP contribution >= 0.6 is 7.82 Å². The van der Waals surface area contributed by atoms with Crippen LogP contribution in [-0.2, 0) is 32.7 Å². The van der Waals surface area contributed by atoms with Gasteiger partial charge in [0, 0.05) is 12.8 Å². The van der Waals surface area contributed by atoms with Crippen molar-refractivity contribution in [3.63, 3.8) is 0 Å². The van der Waals surface area contributed by atoms with Crippen LogP contribution in [0.2, 0.25) is 0 Å². The molecule has 12 heteroatoms. The summed E-state index contributed by atoms with van der Waals surface area (Å²) < 4.78 is 26.9. The topological polar surface area (TPSA) is 169 Å². The van der Waals surface area contributed by atoms with E-state index >= 15 is 0 Å². The van der Waals surface area contributed by atoms with E-state index in [1.54, 1.807) is 0 Å². The van der Waals surface area contributed by atoms with Gasteiger partial charge in [0.25, 0.3) is 0 Å². The van der Waals surface area contributed by atoms with Crippen molar-refractivity contribution in [1.82, 2.24) is 5.32 Å². The summed E-state index contributed by atoms with van der Waals surface area (Å²) in [6.45, 7) is 2.59. The molecule has 0 aromatic heterocycles. The number of unbranched alkanes of at least 4 members (excludes halogenated alkanes) is 26. The Bertz CT molecular complexity index is 1080. The summed E-state index contributed by atoms with van der Waals surface area (Å²) in [5.74, 6) is -2.38. The van der Waals surface area contributed by atoms with E-state index in [0.29, 0.717) is 12.8 Å². The van der Waals surface area contributed by atoms with Crippen molar-refractivity contribution in [1.29, 1.82) is 0 Å². The Morgan fingerprint density at radius 2 is 0.948 bits per heavy atom. The number of carbonyl (C=O) groups is 3. The van der Waals surface area contributed by atoms with Gasteiger partial charge >= 0.3 is 19.8 Å². The lowest BCUT2D eigenvalue weighted by Gasteiger charge is -2.18. The fourth-order valence-corrected chi connectivity index (χ4v) is 7.35. The molecule has 340 valence electrons. The number of hydrogen-bond acceptors (Lipinski definition) is 8. The van der Waals surface area contributed by atoms with Gasteiger partial charge in [-0.1, -0.05) is 186 Å². The number of hydrogen-bond donors (Lipinski definition) is 4. The van der Waals surface area contributed by atoms with Gasteiger partial charge < -0.3 is 25.2 Å². The number of phosphoric acid groups is 1. The van der Waals surface area contributed by atoms with E-state index in [1.807, 2.05) is 0 Å². The average Bonchev–Trinajstić information content (AvgIpc) is 3.20. The molecule has 58 heavy (non-hydrogen) atoms. The van der Waals surface area contributed by atoms with Gasteiger partial charge in [0.1, 0.15) is 12.7 Å². The maximum absolute atomic E-state index is 12.3. The van der Waals surface area contributed by atoms with Crippen LogP contribution < -0.4 is 5.32 Å². The number of esters is 1. The van der Waals surface area contributed by atoms with Crippen LogP contribution in [0.4, 0.5) is 0 Å². The Balaban J connectivity index is 3.87. The standard InChI is InChI=1S/C46H86NO10P/c1-3-5-7-9-11-13-15-17-19-21-22-23-25-27-29-31-33-35-37-44(49)47-43(46(51)52)41-57-58(53,54)56-40-42(48)39-55-45(50)38-36-34-32-30-28-26-24-20-18-16-14-12-10-8-6-4-2/h14,16,20,24,42-43,48H,3-13,15,17-19,21-23,25-41H2,1-2H3,(H,47,49)(H,51,52)(H,53,54)/b16-14-,24-20-. The van der Waals surface area contributed by atoms with E-state index in [-0.39, 0.29) is 12.8 Å². The van der Waals surface area contributed by atoms with E-state index in [2.05, 4.69) is 43.5 Å². The number of nitrogens with one attached hydrogen (secondary N) is 1. The molecule has 0 aliphatic rings. The second kappa shape index (κ2) is 41.7. The molecule has 0 saturated heterocycles. The van der Waals surface area contributed by atoms with Crippen LogP contribution in [0.3, 0.4) is 0 Å². The molecule has 0 bridgehead atoms. The first-order valence-electron chi connectivity index (χ1n) is 23.4. The Morgan fingerprint density at radius 3 is 1.41 bits per heavy atom. The zero-order valence-electron chi connectivity index (χ0n) is 36.9.